The number of carbonyl (C=O) groups is 4. The number of ether oxygens (including phenoxy) is 1. The minimum absolute atomic E-state index is 0.427. The van der Waals surface area contributed by atoms with Crippen molar-refractivity contribution >= 4 is 40.4 Å². The summed E-state index contributed by atoms with van der Waals surface area (Å²) in [6.45, 7) is 2.49. The van der Waals surface area contributed by atoms with Gasteiger partial charge in [0.2, 0.25) is 0 Å². The van der Waals surface area contributed by atoms with Crippen molar-refractivity contribution in [1.29, 1.82) is 0 Å². The molecule has 0 aliphatic heterocycles. The molecule has 0 saturated carbocycles. The molecular weight excluding hydrogens is 450 g/mol. The van der Waals surface area contributed by atoms with Gasteiger partial charge in [0.1, 0.15) is 23.5 Å². The molecule has 3 heterocycles. The second-order valence-corrected chi connectivity index (χ2v) is 6.54. The predicted octanol–water partition coefficient (Wildman–Crippen LogP) is 2.08. The van der Waals surface area contributed by atoms with E-state index in [-0.39, 0.29) is 0 Å². The zero-order valence-electron chi connectivity index (χ0n) is 17.7. The number of carboxylic acids is 4. The zero-order chi connectivity index (χ0) is 25.3. The summed E-state index contributed by atoms with van der Waals surface area (Å²) in [6, 6.07) is 14.0. The number of hydrogen-bond donors (Lipinski definition) is 4. The quantitative estimate of drug-likeness (QED) is 0.321. The molecule has 4 aromatic rings. The molecule has 4 rings (SSSR count). The Balaban J connectivity index is 0.000000285. The highest BCUT2D eigenvalue weighted by molar-refractivity contribution is 6.27. The number of hydrogen-bond acceptors (Lipinski definition) is 7. The molecule has 12 heteroatoms. The molecule has 12 nitrogen and oxygen atoms in total. The highest BCUT2D eigenvalue weighted by Crippen LogP contribution is 2.23. The Morgan fingerprint density at radius 3 is 2.09 bits per heavy atom. The van der Waals surface area contributed by atoms with Gasteiger partial charge in [-0.15, -0.1) is 0 Å². The normalized spacial score (nSPS) is 9.79. The number of pyridine rings is 2. The van der Waals surface area contributed by atoms with Crippen molar-refractivity contribution in [3.63, 3.8) is 0 Å². The number of aliphatic carboxylic acids is 4. The van der Waals surface area contributed by atoms with Crippen LogP contribution < -0.4 is 4.74 Å². The van der Waals surface area contributed by atoms with Gasteiger partial charge < -0.3 is 29.6 Å². The van der Waals surface area contributed by atoms with Crippen LogP contribution in [-0.2, 0) is 25.8 Å². The van der Waals surface area contributed by atoms with Crippen LogP contribution >= 0.6 is 0 Å². The average Bonchev–Trinajstić information content (AvgIpc) is 3.20. The van der Waals surface area contributed by atoms with Gasteiger partial charge >= 0.3 is 23.9 Å². The Hall–Kier alpha value is -5.00. The Kier molecular flexibility index (Phi) is 8.60. The third kappa shape index (κ3) is 7.30. The van der Waals surface area contributed by atoms with E-state index >= 15 is 0 Å². The van der Waals surface area contributed by atoms with Crippen LogP contribution in [0.15, 0.2) is 61.1 Å². The van der Waals surface area contributed by atoms with E-state index < -0.39 is 23.9 Å². The van der Waals surface area contributed by atoms with Crippen LogP contribution in [0.1, 0.15) is 11.3 Å². The van der Waals surface area contributed by atoms with Crippen LogP contribution in [-0.4, -0.2) is 58.7 Å². The number of carboxylic acid groups (broad SMARTS) is 4. The van der Waals surface area contributed by atoms with Crippen molar-refractivity contribution in [3.8, 4) is 5.75 Å². The second-order valence-electron chi connectivity index (χ2n) is 6.54. The molecule has 0 bridgehead atoms. The van der Waals surface area contributed by atoms with Crippen molar-refractivity contribution < 1.29 is 44.3 Å². The van der Waals surface area contributed by atoms with Crippen LogP contribution in [0.5, 0.6) is 5.75 Å². The molecule has 1 aromatic carbocycles. The summed E-state index contributed by atoms with van der Waals surface area (Å²) in [5.41, 5.74) is 3.92. The molecule has 0 radical (unpaired) electrons. The molecule has 0 aliphatic rings. The van der Waals surface area contributed by atoms with E-state index in [1.807, 2.05) is 47.0 Å². The number of nitrogens with zero attached hydrogens (tertiary/aromatic N) is 3. The fourth-order valence-corrected chi connectivity index (χ4v) is 2.57. The summed E-state index contributed by atoms with van der Waals surface area (Å²) in [6.07, 6.45) is 5.84. The molecule has 0 atom stereocenters. The maximum Gasteiger partial charge on any atom is 0.414 e. The summed E-state index contributed by atoms with van der Waals surface area (Å²) < 4.78 is 7.95. The Morgan fingerprint density at radius 1 is 0.853 bits per heavy atom. The molecule has 0 amide bonds. The molecule has 0 unspecified atom stereocenters. The van der Waals surface area contributed by atoms with E-state index in [2.05, 4.69) is 29.2 Å². The molecule has 0 fully saturated rings. The molecule has 3 aromatic heterocycles. The van der Waals surface area contributed by atoms with Gasteiger partial charge in [-0.2, -0.15) is 0 Å². The fraction of sp³-hybridized carbons (Fsp3) is 0.0909. The van der Waals surface area contributed by atoms with E-state index in [1.165, 1.54) is 5.56 Å². The summed E-state index contributed by atoms with van der Waals surface area (Å²) in [7, 11) is 0. The smallest absolute Gasteiger partial charge is 0.414 e. The third-order valence-corrected chi connectivity index (χ3v) is 3.99. The standard InChI is InChI=1S/C18H15N3O.2C2H2O4/c1-13-7-8-17-20-15(11-21(17)10-13)12-22-16-6-2-4-14-5-3-9-19-18(14)16;2*3-1(4)2(5)6/h2-11H,12H2,1H3;2*(H,3,4)(H,5,6). The first-order valence-corrected chi connectivity index (χ1v) is 9.41. The van der Waals surface area contributed by atoms with Gasteiger partial charge in [0.25, 0.3) is 0 Å². The molecule has 34 heavy (non-hydrogen) atoms. The number of aromatic nitrogens is 3. The number of rotatable bonds is 3. The van der Waals surface area contributed by atoms with Gasteiger partial charge in [-0.1, -0.05) is 24.3 Å². The number of benzene rings is 1. The van der Waals surface area contributed by atoms with Gasteiger partial charge in [-0.3, -0.25) is 4.98 Å². The van der Waals surface area contributed by atoms with Gasteiger partial charge in [-0.05, 0) is 30.7 Å². The van der Waals surface area contributed by atoms with Gasteiger partial charge in [0.05, 0.1) is 5.69 Å². The lowest BCUT2D eigenvalue weighted by molar-refractivity contribution is -0.159. The van der Waals surface area contributed by atoms with Crippen LogP contribution in [0.2, 0.25) is 0 Å². The van der Waals surface area contributed by atoms with Crippen LogP contribution in [0, 0.1) is 6.92 Å². The lowest BCUT2D eigenvalue weighted by atomic mass is 10.2. The Labute approximate surface area is 191 Å². The van der Waals surface area contributed by atoms with Crippen molar-refractivity contribution in [1.82, 2.24) is 14.4 Å². The third-order valence-electron chi connectivity index (χ3n) is 3.99. The highest BCUT2D eigenvalue weighted by atomic mass is 16.5. The first-order chi connectivity index (χ1) is 16.1. The minimum atomic E-state index is -1.82. The number of imidazole rings is 1. The summed E-state index contributed by atoms with van der Waals surface area (Å²) in [5, 5.41) is 30.6. The summed E-state index contributed by atoms with van der Waals surface area (Å²) in [5.74, 6) is -6.51. The maximum absolute atomic E-state index is 9.10. The van der Waals surface area contributed by atoms with E-state index in [9.17, 15) is 0 Å². The van der Waals surface area contributed by atoms with Crippen molar-refractivity contribution in [2.75, 3.05) is 0 Å². The van der Waals surface area contributed by atoms with Crippen LogP contribution in [0.25, 0.3) is 16.6 Å². The number of fused-ring (bicyclic) bond motifs is 2. The van der Waals surface area contributed by atoms with E-state index in [1.54, 1.807) is 6.20 Å². The molecular formula is C22H19N3O9. The van der Waals surface area contributed by atoms with Crippen molar-refractivity contribution in [3.05, 3.63) is 72.3 Å². The maximum atomic E-state index is 9.10. The van der Waals surface area contributed by atoms with Crippen LogP contribution in [0.4, 0.5) is 0 Å². The summed E-state index contributed by atoms with van der Waals surface area (Å²) >= 11 is 0. The number of aryl methyl sites for hydroxylation is 1. The Bertz CT molecular complexity index is 1290. The first kappa shape index (κ1) is 25.3. The lowest BCUT2D eigenvalue weighted by Crippen LogP contribution is -2.09. The van der Waals surface area contributed by atoms with Gasteiger partial charge in [0.15, 0.2) is 0 Å². The average molecular weight is 469 g/mol. The lowest BCUT2D eigenvalue weighted by Gasteiger charge is -2.06. The topological polar surface area (TPSA) is 189 Å². The monoisotopic (exact) mass is 469 g/mol. The minimum Gasteiger partial charge on any atom is -0.485 e. The molecule has 0 saturated heterocycles. The van der Waals surface area contributed by atoms with E-state index in [0.717, 1.165) is 28.0 Å². The Morgan fingerprint density at radius 2 is 1.47 bits per heavy atom. The predicted molar refractivity (Wildman–Crippen MR) is 117 cm³/mol. The summed E-state index contributed by atoms with van der Waals surface area (Å²) in [4.78, 5) is 45.4. The van der Waals surface area contributed by atoms with Crippen molar-refractivity contribution in [2.24, 2.45) is 0 Å². The van der Waals surface area contributed by atoms with E-state index in [4.69, 9.17) is 44.3 Å². The van der Waals surface area contributed by atoms with Gasteiger partial charge in [0, 0.05) is 24.0 Å². The van der Waals surface area contributed by atoms with E-state index in [0.29, 0.717) is 6.61 Å². The van der Waals surface area contributed by atoms with Crippen molar-refractivity contribution in [2.45, 2.75) is 13.5 Å². The van der Waals surface area contributed by atoms with Gasteiger partial charge in [-0.25, -0.2) is 24.2 Å². The molecule has 4 N–H and O–H groups in total. The van der Waals surface area contributed by atoms with Crippen LogP contribution in [0.3, 0.4) is 0 Å². The largest absolute Gasteiger partial charge is 0.485 e. The number of para-hydroxylation sites is 1. The molecule has 0 spiro atoms. The highest BCUT2D eigenvalue weighted by Gasteiger charge is 2.06. The molecule has 0 aliphatic carbocycles. The molecule has 176 valence electrons. The second kappa shape index (κ2) is 11.6. The SMILES string of the molecule is Cc1ccc2nc(COc3cccc4cccnc34)cn2c1.O=C(O)C(=O)O.O=C(O)C(=O)O. The fourth-order valence-electron chi connectivity index (χ4n) is 2.57. The zero-order valence-corrected chi connectivity index (χ0v) is 17.7. The first-order valence-electron chi connectivity index (χ1n) is 9.41.